The number of nitrogens with one attached hydrogen (secondary N) is 2. The molecule has 1 aliphatic heterocycles. The summed E-state index contributed by atoms with van der Waals surface area (Å²) in [5, 5.41) is 16.4. The standard InChI is InChI=1S/C14H18FN3O3/c15-11-2-1-3-12(18(20)21)14(11)17-13(19)5-4-10-6-8-16-9-7-10/h1-3,10,16H,4-9H2,(H,17,19). The van der Waals surface area contributed by atoms with Crippen molar-refractivity contribution in [1.29, 1.82) is 0 Å². The van der Waals surface area contributed by atoms with Crippen LogP contribution in [0, 0.1) is 21.8 Å². The van der Waals surface area contributed by atoms with E-state index in [1.807, 2.05) is 0 Å². The molecule has 1 amide bonds. The lowest BCUT2D eigenvalue weighted by molar-refractivity contribution is -0.384. The highest BCUT2D eigenvalue weighted by Crippen LogP contribution is 2.27. The van der Waals surface area contributed by atoms with E-state index in [-0.39, 0.29) is 18.0 Å². The van der Waals surface area contributed by atoms with Crippen LogP contribution in [0.3, 0.4) is 0 Å². The molecule has 0 aromatic heterocycles. The molecule has 0 aliphatic carbocycles. The van der Waals surface area contributed by atoms with Gasteiger partial charge in [-0.15, -0.1) is 0 Å². The van der Waals surface area contributed by atoms with E-state index in [1.165, 1.54) is 12.1 Å². The van der Waals surface area contributed by atoms with Gasteiger partial charge in [0.25, 0.3) is 5.69 Å². The van der Waals surface area contributed by atoms with Gasteiger partial charge in [-0.1, -0.05) is 6.07 Å². The first-order valence-corrected chi connectivity index (χ1v) is 7.01. The number of carbonyl (C=O) groups excluding carboxylic acids is 1. The highest BCUT2D eigenvalue weighted by molar-refractivity contribution is 5.93. The Hall–Kier alpha value is -2.02. The van der Waals surface area contributed by atoms with Crippen molar-refractivity contribution in [3.05, 3.63) is 34.1 Å². The van der Waals surface area contributed by atoms with Crippen molar-refractivity contribution in [2.75, 3.05) is 18.4 Å². The molecule has 2 N–H and O–H groups in total. The maximum Gasteiger partial charge on any atom is 0.295 e. The third-order valence-electron chi connectivity index (χ3n) is 3.69. The molecule has 0 bridgehead atoms. The largest absolute Gasteiger partial charge is 0.318 e. The van der Waals surface area contributed by atoms with Crippen LogP contribution < -0.4 is 10.6 Å². The Morgan fingerprint density at radius 2 is 2.14 bits per heavy atom. The Labute approximate surface area is 121 Å². The van der Waals surface area contributed by atoms with E-state index in [2.05, 4.69) is 10.6 Å². The van der Waals surface area contributed by atoms with Crippen LogP contribution >= 0.6 is 0 Å². The summed E-state index contributed by atoms with van der Waals surface area (Å²) in [5.74, 6) is -0.700. The number of piperidine rings is 1. The number of amides is 1. The van der Waals surface area contributed by atoms with E-state index in [4.69, 9.17) is 0 Å². The number of nitro groups is 1. The van der Waals surface area contributed by atoms with Crippen LogP contribution in [0.2, 0.25) is 0 Å². The molecule has 1 aliphatic rings. The number of hydrogen-bond acceptors (Lipinski definition) is 4. The quantitative estimate of drug-likeness (QED) is 0.645. The molecule has 21 heavy (non-hydrogen) atoms. The predicted molar refractivity (Wildman–Crippen MR) is 76.5 cm³/mol. The van der Waals surface area contributed by atoms with Crippen LogP contribution in [0.5, 0.6) is 0 Å². The molecule has 114 valence electrons. The molecular weight excluding hydrogens is 277 g/mol. The second-order valence-corrected chi connectivity index (χ2v) is 5.17. The van der Waals surface area contributed by atoms with Gasteiger partial charge in [0.15, 0.2) is 11.5 Å². The number of carbonyl (C=O) groups is 1. The van der Waals surface area contributed by atoms with E-state index >= 15 is 0 Å². The number of benzene rings is 1. The zero-order valence-electron chi connectivity index (χ0n) is 11.6. The average Bonchev–Trinajstić information content (AvgIpc) is 2.48. The fourth-order valence-corrected chi connectivity index (χ4v) is 2.50. The number of hydrogen-bond donors (Lipinski definition) is 2. The lowest BCUT2D eigenvalue weighted by Crippen LogP contribution is -2.28. The number of rotatable bonds is 5. The van der Waals surface area contributed by atoms with E-state index in [0.29, 0.717) is 5.92 Å². The van der Waals surface area contributed by atoms with E-state index < -0.39 is 16.4 Å². The number of nitrogens with zero attached hydrogens (tertiary/aromatic N) is 1. The van der Waals surface area contributed by atoms with Gasteiger partial charge >= 0.3 is 0 Å². The van der Waals surface area contributed by atoms with Crippen LogP contribution in [-0.4, -0.2) is 23.9 Å². The number of anilines is 1. The fraction of sp³-hybridized carbons (Fsp3) is 0.500. The second-order valence-electron chi connectivity index (χ2n) is 5.17. The Bertz CT molecular complexity index is 530. The summed E-state index contributed by atoms with van der Waals surface area (Å²) < 4.78 is 13.6. The number of halogens is 1. The lowest BCUT2D eigenvalue weighted by Gasteiger charge is -2.22. The van der Waals surface area contributed by atoms with Crippen molar-refractivity contribution in [2.45, 2.75) is 25.7 Å². The fourth-order valence-electron chi connectivity index (χ4n) is 2.50. The normalized spacial score (nSPS) is 15.7. The van der Waals surface area contributed by atoms with E-state index in [9.17, 15) is 19.3 Å². The molecule has 1 heterocycles. The monoisotopic (exact) mass is 295 g/mol. The van der Waals surface area contributed by atoms with Crippen molar-refractivity contribution < 1.29 is 14.1 Å². The molecule has 0 unspecified atom stereocenters. The molecule has 0 saturated carbocycles. The lowest BCUT2D eigenvalue weighted by atomic mass is 9.93. The summed E-state index contributed by atoms with van der Waals surface area (Å²) in [6.45, 7) is 1.90. The highest BCUT2D eigenvalue weighted by atomic mass is 19.1. The van der Waals surface area contributed by atoms with Crippen molar-refractivity contribution >= 4 is 17.3 Å². The summed E-state index contributed by atoms with van der Waals surface area (Å²) in [7, 11) is 0. The Kier molecular flexibility index (Phi) is 5.21. The van der Waals surface area contributed by atoms with Crippen molar-refractivity contribution in [2.24, 2.45) is 5.92 Å². The van der Waals surface area contributed by atoms with Crippen LogP contribution in [-0.2, 0) is 4.79 Å². The van der Waals surface area contributed by atoms with Crippen LogP contribution in [0.25, 0.3) is 0 Å². The molecule has 0 spiro atoms. The van der Waals surface area contributed by atoms with Gasteiger partial charge in [-0.05, 0) is 44.3 Å². The highest BCUT2D eigenvalue weighted by Gasteiger charge is 2.20. The van der Waals surface area contributed by atoms with Crippen molar-refractivity contribution in [1.82, 2.24) is 5.32 Å². The number of para-hydroxylation sites is 1. The van der Waals surface area contributed by atoms with Gasteiger partial charge in [-0.2, -0.15) is 0 Å². The van der Waals surface area contributed by atoms with Gasteiger partial charge in [-0.3, -0.25) is 14.9 Å². The van der Waals surface area contributed by atoms with Crippen LogP contribution in [0.1, 0.15) is 25.7 Å². The first-order chi connectivity index (χ1) is 10.1. The van der Waals surface area contributed by atoms with Gasteiger partial charge in [0.05, 0.1) is 4.92 Å². The molecular formula is C14H18FN3O3. The summed E-state index contributed by atoms with van der Waals surface area (Å²) in [4.78, 5) is 22.0. The Morgan fingerprint density at radius 3 is 2.81 bits per heavy atom. The third-order valence-corrected chi connectivity index (χ3v) is 3.69. The van der Waals surface area contributed by atoms with Crippen LogP contribution in [0.4, 0.5) is 15.8 Å². The Balaban J connectivity index is 1.94. The summed E-state index contributed by atoms with van der Waals surface area (Å²) >= 11 is 0. The molecule has 6 nitrogen and oxygen atoms in total. The van der Waals surface area contributed by atoms with Gasteiger partial charge < -0.3 is 10.6 Å². The molecule has 0 atom stereocenters. The minimum absolute atomic E-state index is 0.246. The maximum atomic E-state index is 13.6. The Morgan fingerprint density at radius 1 is 1.43 bits per heavy atom. The first-order valence-electron chi connectivity index (χ1n) is 7.01. The minimum Gasteiger partial charge on any atom is -0.318 e. The molecule has 1 aromatic carbocycles. The molecule has 0 radical (unpaired) electrons. The molecule has 1 fully saturated rings. The summed E-state index contributed by atoms with van der Waals surface area (Å²) in [6, 6.07) is 3.51. The SMILES string of the molecule is O=C(CCC1CCNCC1)Nc1c(F)cccc1[N+](=O)[O-]. The predicted octanol–water partition coefficient (Wildman–Crippen LogP) is 2.45. The van der Waals surface area contributed by atoms with E-state index in [0.717, 1.165) is 38.4 Å². The summed E-state index contributed by atoms with van der Waals surface area (Å²) in [6.07, 6.45) is 3.01. The van der Waals surface area contributed by atoms with E-state index in [1.54, 1.807) is 0 Å². The summed E-state index contributed by atoms with van der Waals surface area (Å²) in [5.41, 5.74) is -0.775. The van der Waals surface area contributed by atoms with Crippen molar-refractivity contribution in [3.8, 4) is 0 Å². The first kappa shape index (κ1) is 15.4. The molecule has 1 saturated heterocycles. The average molecular weight is 295 g/mol. The van der Waals surface area contributed by atoms with Gasteiger partial charge in [0.1, 0.15) is 0 Å². The minimum atomic E-state index is -0.792. The van der Waals surface area contributed by atoms with Crippen molar-refractivity contribution in [3.63, 3.8) is 0 Å². The molecule has 1 aromatic rings. The van der Waals surface area contributed by atoms with Gasteiger partial charge in [0.2, 0.25) is 5.91 Å². The number of nitro benzene ring substituents is 1. The van der Waals surface area contributed by atoms with Gasteiger partial charge in [0, 0.05) is 12.5 Å². The molecule has 2 rings (SSSR count). The molecule has 7 heteroatoms. The smallest absolute Gasteiger partial charge is 0.295 e. The topological polar surface area (TPSA) is 84.3 Å². The maximum absolute atomic E-state index is 13.6. The zero-order chi connectivity index (χ0) is 15.2. The second kappa shape index (κ2) is 7.12. The zero-order valence-corrected chi connectivity index (χ0v) is 11.6. The van der Waals surface area contributed by atoms with Gasteiger partial charge in [-0.25, -0.2) is 4.39 Å². The van der Waals surface area contributed by atoms with Crippen LogP contribution in [0.15, 0.2) is 18.2 Å². The third kappa shape index (κ3) is 4.22.